The molecule has 1 aromatic heterocycles. The Bertz CT molecular complexity index is 666. The molecule has 1 saturated carbocycles. The predicted octanol–water partition coefficient (Wildman–Crippen LogP) is 3.75. The molecule has 21 heavy (non-hydrogen) atoms. The standard InChI is InChI=1S/C16H19N3OS/c17-16(19-20)13-10-15(21-11-6-2-1-3-7-11)18-14-9-5-4-8-12(13)14/h4-5,8-11,20H,1-3,6-7H2,(H2,17,19). The lowest BCUT2D eigenvalue weighted by Gasteiger charge is -2.20. The molecular formula is C16H19N3OS. The Labute approximate surface area is 128 Å². The maximum Gasteiger partial charge on any atom is 0.170 e. The van der Waals surface area contributed by atoms with Gasteiger partial charge in [-0.3, -0.25) is 0 Å². The van der Waals surface area contributed by atoms with Crippen molar-refractivity contribution in [1.82, 2.24) is 4.98 Å². The summed E-state index contributed by atoms with van der Waals surface area (Å²) in [5, 5.41) is 14.7. The zero-order valence-electron chi connectivity index (χ0n) is 11.8. The Hall–Kier alpha value is -1.75. The molecule has 0 aliphatic heterocycles. The minimum absolute atomic E-state index is 0.138. The second-order valence-electron chi connectivity index (χ2n) is 5.39. The van der Waals surface area contributed by atoms with Gasteiger partial charge < -0.3 is 10.9 Å². The van der Waals surface area contributed by atoms with Crippen molar-refractivity contribution in [2.75, 3.05) is 0 Å². The summed E-state index contributed by atoms with van der Waals surface area (Å²) < 4.78 is 0. The minimum Gasteiger partial charge on any atom is -0.409 e. The highest BCUT2D eigenvalue weighted by Crippen LogP contribution is 2.34. The van der Waals surface area contributed by atoms with E-state index in [0.29, 0.717) is 5.25 Å². The van der Waals surface area contributed by atoms with E-state index in [-0.39, 0.29) is 5.84 Å². The summed E-state index contributed by atoms with van der Waals surface area (Å²) in [4.78, 5) is 4.72. The molecule has 0 amide bonds. The number of nitrogens with zero attached hydrogens (tertiary/aromatic N) is 2. The highest BCUT2D eigenvalue weighted by molar-refractivity contribution is 7.99. The van der Waals surface area contributed by atoms with E-state index >= 15 is 0 Å². The van der Waals surface area contributed by atoms with Crippen LogP contribution in [0.15, 0.2) is 40.5 Å². The van der Waals surface area contributed by atoms with Crippen molar-refractivity contribution in [3.8, 4) is 0 Å². The fourth-order valence-electron chi connectivity index (χ4n) is 2.83. The molecule has 3 N–H and O–H groups in total. The number of rotatable bonds is 3. The molecule has 1 aliphatic carbocycles. The van der Waals surface area contributed by atoms with Crippen molar-refractivity contribution < 1.29 is 5.21 Å². The van der Waals surface area contributed by atoms with E-state index in [0.717, 1.165) is 21.5 Å². The molecule has 4 nitrogen and oxygen atoms in total. The molecule has 0 radical (unpaired) electrons. The first-order chi connectivity index (χ1) is 10.3. The number of oxime groups is 1. The van der Waals surface area contributed by atoms with Gasteiger partial charge in [0.1, 0.15) is 0 Å². The van der Waals surface area contributed by atoms with Gasteiger partial charge in [-0.2, -0.15) is 0 Å². The molecular weight excluding hydrogens is 282 g/mol. The summed E-state index contributed by atoms with van der Waals surface area (Å²) in [6.45, 7) is 0. The molecule has 0 unspecified atom stereocenters. The van der Waals surface area contributed by atoms with E-state index in [2.05, 4.69) is 5.16 Å². The number of para-hydroxylation sites is 1. The number of nitrogens with two attached hydrogens (primary N) is 1. The number of fused-ring (bicyclic) bond motifs is 1. The van der Waals surface area contributed by atoms with Crippen LogP contribution in [0.25, 0.3) is 10.9 Å². The summed E-state index contributed by atoms with van der Waals surface area (Å²) in [7, 11) is 0. The van der Waals surface area contributed by atoms with E-state index in [4.69, 9.17) is 15.9 Å². The summed E-state index contributed by atoms with van der Waals surface area (Å²) in [5.74, 6) is 0.138. The van der Waals surface area contributed by atoms with Crippen molar-refractivity contribution in [3.63, 3.8) is 0 Å². The molecule has 2 aromatic rings. The van der Waals surface area contributed by atoms with Gasteiger partial charge in [-0.1, -0.05) is 42.6 Å². The Kier molecular flexibility index (Phi) is 4.29. The lowest BCUT2D eigenvalue weighted by Crippen LogP contribution is -2.14. The van der Waals surface area contributed by atoms with Gasteiger partial charge in [-0.15, -0.1) is 11.8 Å². The third-order valence-corrected chi connectivity index (χ3v) is 5.17. The smallest absolute Gasteiger partial charge is 0.170 e. The highest BCUT2D eigenvalue weighted by atomic mass is 32.2. The fraction of sp³-hybridized carbons (Fsp3) is 0.375. The first kappa shape index (κ1) is 14.2. The molecule has 0 atom stereocenters. The van der Waals surface area contributed by atoms with Gasteiger partial charge in [0.05, 0.1) is 10.5 Å². The topological polar surface area (TPSA) is 71.5 Å². The zero-order valence-corrected chi connectivity index (χ0v) is 12.6. The number of hydrogen-bond donors (Lipinski definition) is 2. The number of pyridine rings is 1. The van der Waals surface area contributed by atoms with Crippen LogP contribution in [0, 0.1) is 0 Å². The average Bonchev–Trinajstić information content (AvgIpc) is 2.54. The molecule has 3 rings (SSSR count). The van der Waals surface area contributed by atoms with Crippen molar-refractivity contribution in [2.45, 2.75) is 42.4 Å². The largest absolute Gasteiger partial charge is 0.409 e. The summed E-state index contributed by atoms with van der Waals surface area (Å²) in [5.41, 5.74) is 7.47. The van der Waals surface area contributed by atoms with Crippen LogP contribution < -0.4 is 5.73 Å². The highest BCUT2D eigenvalue weighted by Gasteiger charge is 2.17. The van der Waals surface area contributed by atoms with Gasteiger partial charge in [0.25, 0.3) is 0 Å². The monoisotopic (exact) mass is 301 g/mol. The van der Waals surface area contributed by atoms with Crippen molar-refractivity contribution in [3.05, 3.63) is 35.9 Å². The van der Waals surface area contributed by atoms with E-state index < -0.39 is 0 Å². The average molecular weight is 301 g/mol. The van der Waals surface area contributed by atoms with Crippen LogP contribution in [0.4, 0.5) is 0 Å². The van der Waals surface area contributed by atoms with Crippen LogP contribution in [-0.2, 0) is 0 Å². The van der Waals surface area contributed by atoms with Crippen LogP contribution in [0.2, 0.25) is 0 Å². The van der Waals surface area contributed by atoms with Crippen LogP contribution in [0.1, 0.15) is 37.7 Å². The molecule has 0 spiro atoms. The van der Waals surface area contributed by atoms with Crippen molar-refractivity contribution >= 4 is 28.5 Å². The Morgan fingerprint density at radius 1 is 1.24 bits per heavy atom. The zero-order chi connectivity index (χ0) is 14.7. The van der Waals surface area contributed by atoms with E-state index in [1.54, 1.807) is 0 Å². The normalized spacial score (nSPS) is 17.2. The minimum atomic E-state index is 0.138. The van der Waals surface area contributed by atoms with Crippen molar-refractivity contribution in [2.24, 2.45) is 10.9 Å². The molecule has 1 heterocycles. The summed E-state index contributed by atoms with van der Waals surface area (Å²) in [6.07, 6.45) is 6.45. The third kappa shape index (κ3) is 3.13. The number of hydrogen-bond acceptors (Lipinski definition) is 4. The lowest BCUT2D eigenvalue weighted by atomic mass is 10.0. The number of thioether (sulfide) groups is 1. The van der Waals surface area contributed by atoms with Crippen LogP contribution >= 0.6 is 11.8 Å². The SMILES string of the molecule is NC(=NO)c1cc(SC2CCCCC2)nc2ccccc12. The van der Waals surface area contributed by atoms with E-state index in [1.807, 2.05) is 42.1 Å². The van der Waals surface area contributed by atoms with Gasteiger partial charge in [0.15, 0.2) is 5.84 Å². The Balaban J connectivity index is 1.99. The van der Waals surface area contributed by atoms with Gasteiger partial charge in [0.2, 0.25) is 0 Å². The first-order valence-electron chi connectivity index (χ1n) is 7.32. The quantitative estimate of drug-likeness (QED) is 0.392. The first-order valence-corrected chi connectivity index (χ1v) is 8.20. The maximum absolute atomic E-state index is 9.00. The second-order valence-corrected chi connectivity index (χ2v) is 6.71. The van der Waals surface area contributed by atoms with Gasteiger partial charge in [0, 0.05) is 16.2 Å². The van der Waals surface area contributed by atoms with E-state index in [1.165, 1.54) is 32.1 Å². The summed E-state index contributed by atoms with van der Waals surface area (Å²) >= 11 is 1.82. The maximum atomic E-state index is 9.00. The Morgan fingerprint density at radius 2 is 2.00 bits per heavy atom. The van der Waals surface area contributed by atoms with Crippen LogP contribution in [0.3, 0.4) is 0 Å². The third-order valence-electron chi connectivity index (χ3n) is 3.92. The fourth-order valence-corrected chi connectivity index (χ4v) is 4.08. The van der Waals surface area contributed by atoms with Gasteiger partial charge in [-0.25, -0.2) is 4.98 Å². The lowest BCUT2D eigenvalue weighted by molar-refractivity contribution is 0.318. The summed E-state index contributed by atoms with van der Waals surface area (Å²) in [6, 6.07) is 9.75. The molecule has 1 aromatic carbocycles. The second kappa shape index (κ2) is 6.35. The number of aromatic nitrogens is 1. The van der Waals surface area contributed by atoms with Gasteiger partial charge in [-0.05, 0) is 25.0 Å². The van der Waals surface area contributed by atoms with Crippen LogP contribution in [0.5, 0.6) is 0 Å². The van der Waals surface area contributed by atoms with Crippen LogP contribution in [-0.4, -0.2) is 21.3 Å². The molecule has 110 valence electrons. The Morgan fingerprint density at radius 3 is 2.76 bits per heavy atom. The predicted molar refractivity (Wildman–Crippen MR) is 87.0 cm³/mol. The van der Waals surface area contributed by atoms with Gasteiger partial charge >= 0.3 is 0 Å². The molecule has 1 fully saturated rings. The molecule has 0 saturated heterocycles. The molecule has 1 aliphatic rings. The molecule has 5 heteroatoms. The van der Waals surface area contributed by atoms with Crippen molar-refractivity contribution in [1.29, 1.82) is 0 Å². The molecule has 0 bridgehead atoms. The van der Waals surface area contributed by atoms with E-state index in [9.17, 15) is 0 Å². The number of benzene rings is 1. The number of amidine groups is 1.